The number of hydrogen-bond acceptors (Lipinski definition) is 5. The highest BCUT2D eigenvalue weighted by Gasteiger charge is 2.35. The van der Waals surface area contributed by atoms with Gasteiger partial charge in [0.25, 0.3) is 0 Å². The summed E-state index contributed by atoms with van der Waals surface area (Å²) < 4.78 is 60.2. The third-order valence-electron chi connectivity index (χ3n) is 5.50. The van der Waals surface area contributed by atoms with Gasteiger partial charge >= 0.3 is 12.2 Å². The summed E-state index contributed by atoms with van der Waals surface area (Å²) in [6.07, 6.45) is 0.314. The number of ether oxygens (including phenoxy) is 1. The minimum absolute atomic E-state index is 0.365. The largest absolute Gasteiger partial charge is 0.439 e. The van der Waals surface area contributed by atoms with Gasteiger partial charge in [-0.05, 0) is 49.2 Å². The fourth-order valence-electron chi connectivity index (χ4n) is 3.57. The molecule has 7 nitrogen and oxygen atoms in total. The molecule has 0 atom stereocenters. The molecule has 0 saturated heterocycles. The number of fused-ring (bicyclic) bond motifs is 1. The Labute approximate surface area is 196 Å². The molecule has 0 aliphatic heterocycles. The number of rotatable bonds is 6. The van der Waals surface area contributed by atoms with Gasteiger partial charge in [0, 0.05) is 30.2 Å². The summed E-state index contributed by atoms with van der Waals surface area (Å²) in [5.74, 6) is -0.708. The summed E-state index contributed by atoms with van der Waals surface area (Å²) in [6, 6.07) is 10.7. The van der Waals surface area contributed by atoms with E-state index in [1.807, 2.05) is 0 Å². The van der Waals surface area contributed by atoms with E-state index < -0.39 is 29.3 Å². The Bertz CT molecular complexity index is 1400. The molecule has 4 aromatic rings. The van der Waals surface area contributed by atoms with Crippen molar-refractivity contribution in [2.75, 3.05) is 5.32 Å². The number of amides is 1. The van der Waals surface area contributed by atoms with E-state index in [2.05, 4.69) is 20.6 Å². The summed E-state index contributed by atoms with van der Waals surface area (Å²) in [5, 5.41) is 6.20. The van der Waals surface area contributed by atoms with Crippen LogP contribution < -0.4 is 15.4 Å². The van der Waals surface area contributed by atoms with Gasteiger partial charge in [0.15, 0.2) is 5.82 Å². The number of hydrogen-bond donors (Lipinski definition) is 2. The Balaban J connectivity index is 1.32. The van der Waals surface area contributed by atoms with Gasteiger partial charge in [0.2, 0.25) is 5.88 Å². The first-order valence-corrected chi connectivity index (χ1v) is 10.8. The molecule has 2 aromatic heterocycles. The lowest BCUT2D eigenvalue weighted by Gasteiger charge is -2.13. The molecule has 2 N–H and O–H groups in total. The van der Waals surface area contributed by atoms with Crippen LogP contribution in [0.1, 0.15) is 24.1 Å². The van der Waals surface area contributed by atoms with Crippen LogP contribution in [0.15, 0.2) is 61.1 Å². The fourth-order valence-corrected chi connectivity index (χ4v) is 3.57. The van der Waals surface area contributed by atoms with Gasteiger partial charge in [-0.25, -0.2) is 19.2 Å². The highest BCUT2D eigenvalue weighted by molar-refractivity contribution is 5.98. The van der Waals surface area contributed by atoms with Crippen LogP contribution in [0.2, 0.25) is 0 Å². The predicted molar refractivity (Wildman–Crippen MR) is 120 cm³/mol. The maximum absolute atomic E-state index is 14.3. The molecule has 1 fully saturated rings. The van der Waals surface area contributed by atoms with Crippen molar-refractivity contribution in [2.24, 2.45) is 0 Å². The fraction of sp³-hybridized carbons (Fsp3) is 0.208. The SMILES string of the molecule is O=C(Nc1cccc(C(F)(F)F)c1F)n1ccc2cc(Oc3cc(CNC4CC4)ncn3)ccc21. The van der Waals surface area contributed by atoms with Crippen LogP contribution in [-0.2, 0) is 12.7 Å². The van der Waals surface area contributed by atoms with Crippen LogP contribution in [0.3, 0.4) is 0 Å². The molecular weight excluding hydrogens is 466 g/mol. The van der Waals surface area contributed by atoms with Crippen LogP contribution in [0.25, 0.3) is 10.9 Å². The highest BCUT2D eigenvalue weighted by atomic mass is 19.4. The lowest BCUT2D eigenvalue weighted by atomic mass is 10.2. The van der Waals surface area contributed by atoms with Gasteiger partial charge in [0.05, 0.1) is 22.5 Å². The highest BCUT2D eigenvalue weighted by Crippen LogP contribution is 2.34. The van der Waals surface area contributed by atoms with Gasteiger partial charge in [0.1, 0.15) is 12.1 Å². The lowest BCUT2D eigenvalue weighted by molar-refractivity contribution is -0.139. The van der Waals surface area contributed by atoms with Crippen molar-refractivity contribution in [2.45, 2.75) is 31.6 Å². The third-order valence-corrected chi connectivity index (χ3v) is 5.50. The second-order valence-corrected chi connectivity index (χ2v) is 8.11. The third kappa shape index (κ3) is 5.09. The first-order chi connectivity index (χ1) is 16.8. The van der Waals surface area contributed by atoms with Crippen LogP contribution in [0.5, 0.6) is 11.6 Å². The summed E-state index contributed by atoms with van der Waals surface area (Å²) >= 11 is 0. The molecule has 1 amide bonds. The van der Waals surface area contributed by atoms with Gasteiger partial charge in [-0.15, -0.1) is 0 Å². The number of nitrogens with zero attached hydrogens (tertiary/aromatic N) is 3. The number of halogens is 4. The molecular formula is C24H19F4N5O2. The second-order valence-electron chi connectivity index (χ2n) is 8.11. The van der Waals surface area contributed by atoms with Crippen LogP contribution >= 0.6 is 0 Å². The van der Waals surface area contributed by atoms with E-state index in [1.165, 1.54) is 29.9 Å². The quantitative estimate of drug-likeness (QED) is 0.342. The molecule has 2 aromatic carbocycles. The van der Waals surface area contributed by atoms with Crippen LogP contribution in [0.4, 0.5) is 28.0 Å². The van der Waals surface area contributed by atoms with E-state index in [-0.39, 0.29) is 0 Å². The number of carbonyl (C=O) groups excluding carboxylic acids is 1. The molecule has 35 heavy (non-hydrogen) atoms. The molecule has 180 valence electrons. The topological polar surface area (TPSA) is 81.1 Å². The lowest BCUT2D eigenvalue weighted by Crippen LogP contribution is -2.20. The van der Waals surface area contributed by atoms with Crippen molar-refractivity contribution >= 4 is 22.6 Å². The van der Waals surface area contributed by atoms with E-state index in [1.54, 1.807) is 30.3 Å². The number of carbonyl (C=O) groups is 1. The average molecular weight is 485 g/mol. The van der Waals surface area contributed by atoms with Crippen molar-refractivity contribution in [1.82, 2.24) is 19.9 Å². The maximum atomic E-state index is 14.3. The Morgan fingerprint density at radius 3 is 2.71 bits per heavy atom. The first-order valence-electron chi connectivity index (χ1n) is 10.8. The Morgan fingerprint density at radius 1 is 1.11 bits per heavy atom. The number of nitrogens with one attached hydrogen (secondary N) is 2. The minimum atomic E-state index is -4.88. The van der Waals surface area contributed by atoms with Crippen molar-refractivity contribution in [1.29, 1.82) is 0 Å². The zero-order valence-electron chi connectivity index (χ0n) is 18.1. The number of benzene rings is 2. The Morgan fingerprint density at radius 2 is 1.94 bits per heavy atom. The predicted octanol–water partition coefficient (Wildman–Crippen LogP) is 5.71. The molecule has 1 aliphatic carbocycles. The van der Waals surface area contributed by atoms with Gasteiger partial charge in [-0.2, -0.15) is 13.2 Å². The molecule has 1 saturated carbocycles. The molecule has 0 unspecified atom stereocenters. The maximum Gasteiger partial charge on any atom is 0.419 e. The molecule has 0 bridgehead atoms. The molecule has 11 heteroatoms. The molecule has 0 radical (unpaired) electrons. The van der Waals surface area contributed by atoms with Crippen LogP contribution in [0, 0.1) is 5.82 Å². The van der Waals surface area contributed by atoms with E-state index in [0.717, 1.165) is 17.8 Å². The number of aromatic nitrogens is 3. The summed E-state index contributed by atoms with van der Waals surface area (Å²) in [5.41, 5.74) is -0.764. The van der Waals surface area contributed by atoms with E-state index in [0.29, 0.717) is 41.2 Å². The van der Waals surface area contributed by atoms with Crippen molar-refractivity contribution in [3.63, 3.8) is 0 Å². The van der Waals surface area contributed by atoms with Crippen molar-refractivity contribution in [3.05, 3.63) is 78.1 Å². The summed E-state index contributed by atoms with van der Waals surface area (Å²) in [6.45, 7) is 0.618. The van der Waals surface area contributed by atoms with Gasteiger partial charge in [-0.3, -0.25) is 4.57 Å². The smallest absolute Gasteiger partial charge is 0.419 e. The Kier molecular flexibility index (Phi) is 5.85. The summed E-state index contributed by atoms with van der Waals surface area (Å²) in [7, 11) is 0. The molecule has 5 rings (SSSR count). The minimum Gasteiger partial charge on any atom is -0.439 e. The zero-order chi connectivity index (χ0) is 24.6. The second kappa shape index (κ2) is 8.99. The normalized spacial score (nSPS) is 13.7. The zero-order valence-corrected chi connectivity index (χ0v) is 18.1. The van der Waals surface area contributed by atoms with Gasteiger partial charge < -0.3 is 15.4 Å². The van der Waals surface area contributed by atoms with Crippen molar-refractivity contribution in [3.8, 4) is 11.6 Å². The van der Waals surface area contributed by atoms with E-state index in [4.69, 9.17) is 4.74 Å². The standard InChI is InChI=1S/C24H19F4N5O2/c25-22-18(24(26,27)28)2-1-3-19(22)32-23(34)33-9-8-14-10-17(6-7-20(14)33)35-21-11-16(30-13-31-21)12-29-15-4-5-15/h1-3,6-11,13,15,29H,4-5,12H2,(H,32,34). The molecule has 0 spiro atoms. The first kappa shape index (κ1) is 22.8. The van der Waals surface area contributed by atoms with Crippen LogP contribution in [-0.4, -0.2) is 26.6 Å². The summed E-state index contributed by atoms with van der Waals surface area (Å²) in [4.78, 5) is 21.0. The monoisotopic (exact) mass is 485 g/mol. The van der Waals surface area contributed by atoms with Crippen molar-refractivity contribution < 1.29 is 27.1 Å². The van der Waals surface area contributed by atoms with E-state index in [9.17, 15) is 22.4 Å². The average Bonchev–Trinajstić information content (AvgIpc) is 3.55. The molecule has 2 heterocycles. The van der Waals surface area contributed by atoms with E-state index >= 15 is 0 Å². The number of alkyl halides is 3. The van der Waals surface area contributed by atoms with Gasteiger partial charge in [-0.1, -0.05) is 6.07 Å². The Hall–Kier alpha value is -3.99. The number of anilines is 1. The molecule has 1 aliphatic rings.